The van der Waals surface area contributed by atoms with E-state index in [1.54, 1.807) is 30.3 Å². The van der Waals surface area contributed by atoms with Crippen LogP contribution in [0.2, 0.25) is 0 Å². The lowest BCUT2D eigenvalue weighted by Gasteiger charge is -2.14. The highest BCUT2D eigenvalue weighted by atomic mass is 32.2. The fourth-order valence-electron chi connectivity index (χ4n) is 4.41. The molecule has 0 aliphatic carbocycles. The number of para-hydroxylation sites is 1. The maximum atomic E-state index is 12.3. The molecule has 0 unspecified atom stereocenters. The van der Waals surface area contributed by atoms with Crippen molar-refractivity contribution in [2.24, 2.45) is 10.2 Å². The number of phenols is 1. The fraction of sp³-hybridized carbons (Fsp3) is 0.0370. The second-order valence-corrected chi connectivity index (χ2v) is 14.0. The molecule has 5 aromatic carbocycles. The largest absolute Gasteiger partial charge is 0.507 e. The summed E-state index contributed by atoms with van der Waals surface area (Å²) in [6.07, 6.45) is 0.906. The molecule has 12 nitrogen and oxygen atoms in total. The molecular weight excluding hydrogens is 607 g/mol. The summed E-state index contributed by atoms with van der Waals surface area (Å²) in [7, 11) is -13.3. The van der Waals surface area contributed by atoms with Gasteiger partial charge < -0.3 is 10.4 Å². The number of nitrogens with one attached hydrogen (secondary N) is 1. The molecule has 0 aromatic heterocycles. The van der Waals surface area contributed by atoms with Crippen LogP contribution in [-0.4, -0.2) is 45.7 Å². The van der Waals surface area contributed by atoms with E-state index in [1.165, 1.54) is 30.3 Å². The average Bonchev–Trinajstić information content (AvgIpc) is 2.90. The second kappa shape index (κ2) is 10.5. The monoisotopic (exact) mass is 627 g/mol. The Kier molecular flexibility index (Phi) is 7.24. The molecule has 0 spiro atoms. The molecule has 0 atom stereocenters. The highest BCUT2D eigenvalue weighted by molar-refractivity contribution is 7.90. The van der Waals surface area contributed by atoms with Gasteiger partial charge in [0.25, 0.3) is 20.2 Å². The Hall–Kier alpha value is -4.41. The lowest BCUT2D eigenvalue weighted by atomic mass is 10.1. The van der Waals surface area contributed by atoms with Gasteiger partial charge in [-0.1, -0.05) is 30.3 Å². The summed E-state index contributed by atoms with van der Waals surface area (Å²) in [5.41, 5.74) is 0.832. The van der Waals surface area contributed by atoms with Crippen LogP contribution in [0.25, 0.3) is 21.5 Å². The predicted molar refractivity (Wildman–Crippen MR) is 156 cm³/mol. The van der Waals surface area contributed by atoms with E-state index >= 15 is 0 Å². The number of nitrogens with zero attached hydrogens (tertiary/aromatic N) is 2. The van der Waals surface area contributed by atoms with Gasteiger partial charge in [-0.05, 0) is 60.0 Å². The lowest BCUT2D eigenvalue weighted by Crippen LogP contribution is -2.01. The fourth-order valence-corrected chi connectivity index (χ4v) is 6.34. The molecule has 0 saturated heterocycles. The van der Waals surface area contributed by atoms with Gasteiger partial charge in [-0.25, -0.2) is 8.42 Å². The van der Waals surface area contributed by atoms with Gasteiger partial charge in [0.15, 0.2) is 9.84 Å². The molecule has 0 heterocycles. The third-order valence-corrected chi connectivity index (χ3v) is 9.08. The van der Waals surface area contributed by atoms with E-state index < -0.39 is 45.6 Å². The topological polar surface area (TPSA) is 200 Å². The summed E-state index contributed by atoms with van der Waals surface area (Å²) >= 11 is 0. The molecule has 5 rings (SSSR count). The SMILES string of the molecule is CS(=O)(=O)c1cc(O)c2c(N=Nc3ccc(Nc4ccccc4)c4c(S(=O)(=O)O)cccc34)cc(S(=O)(=O)O)cc2c1. The Labute approximate surface area is 240 Å². The van der Waals surface area contributed by atoms with Gasteiger partial charge in [0.2, 0.25) is 0 Å². The van der Waals surface area contributed by atoms with Gasteiger partial charge in [-0.3, -0.25) is 9.11 Å². The molecule has 216 valence electrons. The first kappa shape index (κ1) is 29.1. The van der Waals surface area contributed by atoms with Gasteiger partial charge in [0.05, 0.1) is 26.6 Å². The zero-order valence-electron chi connectivity index (χ0n) is 21.5. The Balaban J connectivity index is 1.74. The van der Waals surface area contributed by atoms with E-state index in [0.717, 1.165) is 30.5 Å². The molecule has 0 saturated carbocycles. The summed E-state index contributed by atoms with van der Waals surface area (Å²) in [6, 6.07) is 20.0. The Morgan fingerprint density at radius 1 is 0.667 bits per heavy atom. The average molecular weight is 628 g/mol. The third-order valence-electron chi connectivity index (χ3n) is 6.26. The van der Waals surface area contributed by atoms with Crippen LogP contribution >= 0.6 is 0 Å². The third kappa shape index (κ3) is 5.81. The summed E-state index contributed by atoms with van der Waals surface area (Å²) in [5.74, 6) is -0.537. The summed E-state index contributed by atoms with van der Waals surface area (Å²) in [6.45, 7) is 0. The van der Waals surface area contributed by atoms with E-state index in [2.05, 4.69) is 15.5 Å². The smallest absolute Gasteiger partial charge is 0.295 e. The molecule has 0 aliphatic heterocycles. The molecule has 4 N–H and O–H groups in total. The van der Waals surface area contributed by atoms with Gasteiger partial charge in [0, 0.05) is 28.4 Å². The predicted octanol–water partition coefficient (Wildman–Crippen LogP) is 5.75. The minimum Gasteiger partial charge on any atom is -0.507 e. The summed E-state index contributed by atoms with van der Waals surface area (Å²) in [4.78, 5) is -1.33. The van der Waals surface area contributed by atoms with Crippen molar-refractivity contribution in [3.63, 3.8) is 0 Å². The van der Waals surface area contributed by atoms with E-state index in [1.807, 2.05) is 0 Å². The van der Waals surface area contributed by atoms with Crippen LogP contribution in [0.15, 0.2) is 110 Å². The van der Waals surface area contributed by atoms with Crippen molar-refractivity contribution in [3.8, 4) is 5.75 Å². The number of hydrogen-bond acceptors (Lipinski definition) is 10. The first-order valence-electron chi connectivity index (χ1n) is 11.9. The highest BCUT2D eigenvalue weighted by Gasteiger charge is 2.21. The Bertz CT molecular complexity index is 2250. The van der Waals surface area contributed by atoms with Gasteiger partial charge >= 0.3 is 0 Å². The van der Waals surface area contributed by atoms with E-state index in [-0.39, 0.29) is 37.8 Å². The molecule has 0 amide bonds. The van der Waals surface area contributed by atoms with Gasteiger partial charge in [-0.2, -0.15) is 16.8 Å². The molecule has 0 radical (unpaired) electrons. The Morgan fingerprint density at radius 2 is 1.33 bits per heavy atom. The van der Waals surface area contributed by atoms with Gasteiger partial charge in [-0.15, -0.1) is 10.2 Å². The van der Waals surface area contributed by atoms with Crippen molar-refractivity contribution in [3.05, 3.63) is 84.9 Å². The van der Waals surface area contributed by atoms with Crippen molar-refractivity contribution >= 4 is 74.4 Å². The van der Waals surface area contributed by atoms with Crippen molar-refractivity contribution in [1.82, 2.24) is 0 Å². The molecule has 15 heteroatoms. The maximum Gasteiger partial charge on any atom is 0.295 e. The second-order valence-electron chi connectivity index (χ2n) is 9.21. The number of anilines is 2. The number of sulfone groups is 1. The number of hydrogen-bond donors (Lipinski definition) is 4. The van der Waals surface area contributed by atoms with Crippen LogP contribution in [0, 0.1) is 0 Å². The van der Waals surface area contributed by atoms with Crippen molar-refractivity contribution in [1.29, 1.82) is 0 Å². The zero-order valence-corrected chi connectivity index (χ0v) is 23.9. The molecule has 0 bridgehead atoms. The minimum absolute atomic E-state index is 0.0520. The number of azo groups is 1. The van der Waals surface area contributed by atoms with Crippen LogP contribution in [0.5, 0.6) is 5.75 Å². The molecule has 0 aliphatic rings. The van der Waals surface area contributed by atoms with Crippen LogP contribution in [-0.2, 0) is 30.1 Å². The maximum absolute atomic E-state index is 12.3. The lowest BCUT2D eigenvalue weighted by molar-refractivity contribution is 0.478. The zero-order chi connectivity index (χ0) is 30.4. The number of aromatic hydroxyl groups is 1. The number of benzene rings is 5. The number of rotatable bonds is 7. The van der Waals surface area contributed by atoms with E-state index in [4.69, 9.17) is 0 Å². The normalized spacial score (nSPS) is 12.7. The number of fused-ring (bicyclic) bond motifs is 2. The summed E-state index contributed by atoms with van der Waals surface area (Å²) < 4.78 is 92.3. The van der Waals surface area contributed by atoms with Crippen LogP contribution in [0.4, 0.5) is 22.7 Å². The highest BCUT2D eigenvalue weighted by Crippen LogP contribution is 2.41. The van der Waals surface area contributed by atoms with Crippen LogP contribution < -0.4 is 5.32 Å². The number of phenolic OH excluding ortho intramolecular Hbond substituents is 1. The Morgan fingerprint density at radius 3 is 1.98 bits per heavy atom. The molecule has 5 aromatic rings. The molecule has 42 heavy (non-hydrogen) atoms. The first-order valence-corrected chi connectivity index (χ1v) is 16.7. The van der Waals surface area contributed by atoms with Crippen molar-refractivity contribution < 1.29 is 39.5 Å². The molecular formula is C27H21N3O9S3. The van der Waals surface area contributed by atoms with Crippen LogP contribution in [0.3, 0.4) is 0 Å². The van der Waals surface area contributed by atoms with Crippen molar-refractivity contribution in [2.45, 2.75) is 14.7 Å². The minimum atomic E-state index is -4.79. The first-order chi connectivity index (χ1) is 19.6. The van der Waals surface area contributed by atoms with Gasteiger partial charge in [0.1, 0.15) is 10.6 Å². The van der Waals surface area contributed by atoms with Crippen molar-refractivity contribution in [2.75, 3.05) is 11.6 Å². The standard InChI is InChI=1S/C27H21N3O9S3/c1-40(32,33)18-12-16-13-19(41(34,35)36)14-23(26(16)24(31)15-18)30-29-21-10-11-22(28-17-6-3-2-4-7-17)27-20(21)8-5-9-25(27)42(37,38)39/h2-15,28,31H,1H3,(H,34,35,36)(H,37,38,39). The van der Waals surface area contributed by atoms with Crippen LogP contribution in [0.1, 0.15) is 0 Å². The molecule has 0 fully saturated rings. The van der Waals surface area contributed by atoms with E-state index in [0.29, 0.717) is 11.4 Å². The summed E-state index contributed by atoms with van der Waals surface area (Å²) in [5, 5.41) is 22.3. The quantitative estimate of drug-likeness (QED) is 0.127. The van der Waals surface area contributed by atoms with E-state index in [9.17, 15) is 39.5 Å².